The van der Waals surface area contributed by atoms with E-state index in [1.807, 2.05) is 13.8 Å². The average molecular weight is 224 g/mol. The minimum absolute atomic E-state index is 0.189. The zero-order valence-electron chi connectivity index (χ0n) is 10.2. The maximum Gasteiger partial charge on any atom is 0.273 e. The summed E-state index contributed by atoms with van der Waals surface area (Å²) in [6, 6.07) is 0.208. The summed E-state index contributed by atoms with van der Waals surface area (Å²) in [5.74, 6) is -0.189. The van der Waals surface area contributed by atoms with E-state index in [1.165, 1.54) is 0 Å². The number of carbonyl (C=O) groups excluding carboxylic acids is 1. The van der Waals surface area contributed by atoms with Crippen LogP contribution in [-0.4, -0.2) is 22.2 Å². The van der Waals surface area contributed by atoms with Crippen LogP contribution in [0.5, 0.6) is 0 Å². The molecule has 5 nitrogen and oxygen atoms in total. The van der Waals surface area contributed by atoms with E-state index in [1.54, 1.807) is 10.9 Å². The molecule has 1 rings (SSSR count). The second-order valence-corrected chi connectivity index (χ2v) is 4.12. The second kappa shape index (κ2) is 5.53. The lowest BCUT2D eigenvalue weighted by atomic mass is 10.3. The topological polar surface area (TPSA) is 72.9 Å². The lowest BCUT2D eigenvalue weighted by Crippen LogP contribution is -2.25. The summed E-state index contributed by atoms with van der Waals surface area (Å²) in [6.45, 7) is 6.73. The Labute approximate surface area is 96.0 Å². The summed E-state index contributed by atoms with van der Waals surface area (Å²) in [5, 5.41) is 6.97. The van der Waals surface area contributed by atoms with Crippen molar-refractivity contribution in [2.45, 2.75) is 39.7 Å². The first-order chi connectivity index (χ1) is 7.56. The number of aromatic nitrogens is 2. The van der Waals surface area contributed by atoms with Gasteiger partial charge >= 0.3 is 0 Å². The first kappa shape index (κ1) is 12.5. The Bertz CT molecular complexity index is 357. The highest BCUT2D eigenvalue weighted by molar-refractivity contribution is 5.96. The van der Waals surface area contributed by atoms with Crippen molar-refractivity contribution in [1.29, 1.82) is 0 Å². The molecule has 0 aliphatic heterocycles. The third kappa shape index (κ3) is 2.98. The standard InChI is InChI=1S/C11H20N4O/c1-4-5-6-13-11(16)10-9(12)7-15(14-10)8(2)3/h7-8H,4-6,12H2,1-3H3,(H,13,16). The molecule has 3 N–H and O–H groups in total. The average Bonchev–Trinajstić information content (AvgIpc) is 2.61. The molecule has 0 bridgehead atoms. The van der Waals surface area contributed by atoms with E-state index in [4.69, 9.17) is 5.73 Å². The van der Waals surface area contributed by atoms with Crippen LogP contribution >= 0.6 is 0 Å². The van der Waals surface area contributed by atoms with Crippen LogP contribution in [0.2, 0.25) is 0 Å². The highest BCUT2D eigenvalue weighted by atomic mass is 16.1. The Hall–Kier alpha value is -1.52. The van der Waals surface area contributed by atoms with E-state index < -0.39 is 0 Å². The number of rotatable bonds is 5. The van der Waals surface area contributed by atoms with Gasteiger partial charge in [-0.05, 0) is 20.3 Å². The molecule has 5 heteroatoms. The molecular formula is C11H20N4O. The van der Waals surface area contributed by atoms with Crippen molar-refractivity contribution >= 4 is 11.6 Å². The summed E-state index contributed by atoms with van der Waals surface area (Å²) in [5.41, 5.74) is 6.50. The number of hydrogen-bond donors (Lipinski definition) is 2. The third-order valence-electron chi connectivity index (χ3n) is 2.32. The number of nitrogens with one attached hydrogen (secondary N) is 1. The van der Waals surface area contributed by atoms with Gasteiger partial charge in [0.15, 0.2) is 5.69 Å². The summed E-state index contributed by atoms with van der Waals surface area (Å²) in [6.07, 6.45) is 3.71. The quantitative estimate of drug-likeness (QED) is 0.746. The molecular weight excluding hydrogens is 204 g/mol. The zero-order valence-corrected chi connectivity index (χ0v) is 10.2. The number of nitrogens with zero attached hydrogens (tertiary/aromatic N) is 2. The Balaban J connectivity index is 2.68. The minimum atomic E-state index is -0.189. The third-order valence-corrected chi connectivity index (χ3v) is 2.32. The molecule has 0 radical (unpaired) electrons. The number of amides is 1. The number of hydrogen-bond acceptors (Lipinski definition) is 3. The van der Waals surface area contributed by atoms with Crippen molar-refractivity contribution in [3.05, 3.63) is 11.9 Å². The summed E-state index contributed by atoms with van der Waals surface area (Å²) in [7, 11) is 0. The van der Waals surface area contributed by atoms with E-state index in [0.717, 1.165) is 12.8 Å². The van der Waals surface area contributed by atoms with Gasteiger partial charge in [-0.3, -0.25) is 9.48 Å². The fourth-order valence-corrected chi connectivity index (χ4v) is 1.31. The molecule has 0 saturated heterocycles. The predicted octanol–water partition coefficient (Wildman–Crippen LogP) is 1.58. The van der Waals surface area contributed by atoms with Crippen molar-refractivity contribution in [3.63, 3.8) is 0 Å². The van der Waals surface area contributed by atoms with Gasteiger partial charge < -0.3 is 11.1 Å². The van der Waals surface area contributed by atoms with Crippen LogP contribution in [0.15, 0.2) is 6.20 Å². The smallest absolute Gasteiger partial charge is 0.273 e. The lowest BCUT2D eigenvalue weighted by molar-refractivity contribution is 0.0948. The first-order valence-electron chi connectivity index (χ1n) is 5.69. The second-order valence-electron chi connectivity index (χ2n) is 4.12. The van der Waals surface area contributed by atoms with Gasteiger partial charge in [-0.25, -0.2) is 0 Å². The van der Waals surface area contributed by atoms with Crippen molar-refractivity contribution < 1.29 is 4.79 Å². The van der Waals surface area contributed by atoms with Gasteiger partial charge in [0, 0.05) is 18.8 Å². The molecule has 0 unspecified atom stereocenters. The van der Waals surface area contributed by atoms with Gasteiger partial charge in [-0.1, -0.05) is 13.3 Å². The van der Waals surface area contributed by atoms with Gasteiger partial charge in [-0.15, -0.1) is 0 Å². The molecule has 1 aromatic rings. The maximum absolute atomic E-state index is 11.7. The largest absolute Gasteiger partial charge is 0.396 e. The Morgan fingerprint density at radius 2 is 2.31 bits per heavy atom. The molecule has 0 spiro atoms. The summed E-state index contributed by atoms with van der Waals surface area (Å²) >= 11 is 0. The van der Waals surface area contributed by atoms with E-state index >= 15 is 0 Å². The number of anilines is 1. The van der Waals surface area contributed by atoms with Crippen LogP contribution in [-0.2, 0) is 0 Å². The van der Waals surface area contributed by atoms with E-state index in [2.05, 4.69) is 17.3 Å². The first-order valence-corrected chi connectivity index (χ1v) is 5.69. The van der Waals surface area contributed by atoms with E-state index in [0.29, 0.717) is 17.9 Å². The highest BCUT2D eigenvalue weighted by Gasteiger charge is 2.14. The van der Waals surface area contributed by atoms with Crippen molar-refractivity contribution in [2.24, 2.45) is 0 Å². The van der Waals surface area contributed by atoms with Gasteiger partial charge in [0.05, 0.1) is 5.69 Å². The van der Waals surface area contributed by atoms with E-state index in [-0.39, 0.29) is 11.9 Å². The van der Waals surface area contributed by atoms with Crippen LogP contribution in [0.3, 0.4) is 0 Å². The number of carbonyl (C=O) groups is 1. The van der Waals surface area contributed by atoms with Gasteiger partial charge in [-0.2, -0.15) is 5.10 Å². The van der Waals surface area contributed by atoms with Crippen LogP contribution < -0.4 is 11.1 Å². The fraction of sp³-hybridized carbons (Fsp3) is 0.636. The molecule has 0 aromatic carbocycles. The molecule has 0 fully saturated rings. The Kier molecular flexibility index (Phi) is 4.34. The van der Waals surface area contributed by atoms with Crippen LogP contribution in [0.1, 0.15) is 50.1 Å². The molecule has 0 atom stereocenters. The number of nitrogens with two attached hydrogens (primary N) is 1. The number of unbranched alkanes of at least 4 members (excludes halogenated alkanes) is 1. The van der Waals surface area contributed by atoms with Crippen molar-refractivity contribution in [2.75, 3.05) is 12.3 Å². The Morgan fingerprint density at radius 3 is 2.81 bits per heavy atom. The molecule has 1 amide bonds. The molecule has 90 valence electrons. The molecule has 0 aliphatic carbocycles. The summed E-state index contributed by atoms with van der Waals surface area (Å²) in [4.78, 5) is 11.7. The highest BCUT2D eigenvalue weighted by Crippen LogP contribution is 2.12. The lowest BCUT2D eigenvalue weighted by Gasteiger charge is -2.04. The van der Waals surface area contributed by atoms with Crippen LogP contribution in [0, 0.1) is 0 Å². The SMILES string of the molecule is CCCCNC(=O)c1nn(C(C)C)cc1N. The van der Waals surface area contributed by atoms with Gasteiger partial charge in [0.1, 0.15) is 0 Å². The molecule has 0 aliphatic rings. The van der Waals surface area contributed by atoms with Gasteiger partial charge in [0.2, 0.25) is 0 Å². The van der Waals surface area contributed by atoms with Crippen LogP contribution in [0.25, 0.3) is 0 Å². The fourth-order valence-electron chi connectivity index (χ4n) is 1.31. The Morgan fingerprint density at radius 1 is 1.62 bits per heavy atom. The monoisotopic (exact) mass is 224 g/mol. The molecule has 1 heterocycles. The molecule has 0 saturated carbocycles. The summed E-state index contributed by atoms with van der Waals surface area (Å²) < 4.78 is 1.70. The van der Waals surface area contributed by atoms with Gasteiger partial charge in [0.25, 0.3) is 5.91 Å². The van der Waals surface area contributed by atoms with Crippen molar-refractivity contribution in [3.8, 4) is 0 Å². The zero-order chi connectivity index (χ0) is 12.1. The van der Waals surface area contributed by atoms with E-state index in [9.17, 15) is 4.79 Å². The predicted molar refractivity (Wildman–Crippen MR) is 64.3 cm³/mol. The minimum Gasteiger partial charge on any atom is -0.396 e. The molecule has 1 aromatic heterocycles. The molecule has 16 heavy (non-hydrogen) atoms. The number of nitrogen functional groups attached to an aromatic ring is 1. The maximum atomic E-state index is 11.7. The van der Waals surface area contributed by atoms with Crippen molar-refractivity contribution in [1.82, 2.24) is 15.1 Å². The van der Waals surface area contributed by atoms with Crippen LogP contribution in [0.4, 0.5) is 5.69 Å². The normalized spacial score (nSPS) is 10.8.